The number of aliphatic imine (C=N–C) groups is 1. The predicted octanol–water partition coefficient (Wildman–Crippen LogP) is 3.28. The van der Waals surface area contributed by atoms with Gasteiger partial charge in [0.05, 0.1) is 11.6 Å². The first-order chi connectivity index (χ1) is 11.6. The summed E-state index contributed by atoms with van der Waals surface area (Å²) in [6.45, 7) is 1.93. The summed E-state index contributed by atoms with van der Waals surface area (Å²) in [7, 11) is 0. The molecule has 1 N–H and O–H groups in total. The molecule has 0 amide bonds. The molecule has 0 bridgehead atoms. The average molecular weight is 346 g/mol. The van der Waals surface area contributed by atoms with E-state index < -0.39 is 11.5 Å². The van der Waals surface area contributed by atoms with Gasteiger partial charge in [-0.1, -0.05) is 35.9 Å². The van der Waals surface area contributed by atoms with Crippen molar-refractivity contribution in [1.82, 2.24) is 0 Å². The van der Waals surface area contributed by atoms with Gasteiger partial charge >= 0.3 is 5.97 Å². The zero-order chi connectivity index (χ0) is 17.2. The molecule has 1 aliphatic heterocycles. The van der Waals surface area contributed by atoms with Gasteiger partial charge in [0, 0.05) is 11.1 Å². The number of hydrogen-bond donors (Lipinski definition) is 1. The maximum Gasteiger partial charge on any atom is 0.342 e. The van der Waals surface area contributed by atoms with Crippen molar-refractivity contribution in [3.8, 4) is 5.75 Å². The van der Waals surface area contributed by atoms with E-state index in [-0.39, 0.29) is 24.0 Å². The third-order valence-corrected chi connectivity index (χ3v) is 4.05. The van der Waals surface area contributed by atoms with Crippen LogP contribution in [-0.4, -0.2) is 30.2 Å². The molecule has 124 valence electrons. The standard InChI is InChI=1S/C18H16ClNO4/c1-2-23-17(22)18(14-9-8-13(21)10-15(14)19)11-24-16(20-18)12-6-4-3-5-7-12/h3-10,21H,2,11H2,1H3. The SMILES string of the molecule is CCOC(=O)C1(c2ccc(O)cc2Cl)COC(c2ccccc2)=N1. The maximum atomic E-state index is 12.7. The lowest BCUT2D eigenvalue weighted by Gasteiger charge is -2.23. The first kappa shape index (κ1) is 16.3. The van der Waals surface area contributed by atoms with Crippen molar-refractivity contribution in [3.63, 3.8) is 0 Å². The number of carbonyl (C=O) groups is 1. The van der Waals surface area contributed by atoms with Crippen molar-refractivity contribution >= 4 is 23.5 Å². The number of hydrogen-bond acceptors (Lipinski definition) is 5. The van der Waals surface area contributed by atoms with Gasteiger partial charge in [-0.15, -0.1) is 0 Å². The van der Waals surface area contributed by atoms with Gasteiger partial charge in [0.2, 0.25) is 11.4 Å². The number of rotatable bonds is 4. The molecule has 3 rings (SSSR count). The summed E-state index contributed by atoms with van der Waals surface area (Å²) in [5.74, 6) is -0.176. The summed E-state index contributed by atoms with van der Waals surface area (Å²) in [5.41, 5.74) is -0.184. The Labute approximate surface area is 144 Å². The van der Waals surface area contributed by atoms with Crippen molar-refractivity contribution in [2.45, 2.75) is 12.5 Å². The van der Waals surface area contributed by atoms with Crippen molar-refractivity contribution in [2.75, 3.05) is 13.2 Å². The zero-order valence-corrected chi connectivity index (χ0v) is 13.8. The summed E-state index contributed by atoms with van der Waals surface area (Å²) >= 11 is 6.24. The fourth-order valence-electron chi connectivity index (χ4n) is 2.58. The van der Waals surface area contributed by atoms with E-state index in [0.29, 0.717) is 11.5 Å². The molecule has 1 aliphatic rings. The van der Waals surface area contributed by atoms with Gasteiger partial charge in [0.15, 0.2) is 0 Å². The second kappa shape index (κ2) is 6.53. The highest BCUT2D eigenvalue weighted by Gasteiger charge is 2.48. The smallest absolute Gasteiger partial charge is 0.342 e. The van der Waals surface area contributed by atoms with Crippen LogP contribution in [0.4, 0.5) is 0 Å². The van der Waals surface area contributed by atoms with Crippen LogP contribution in [-0.2, 0) is 19.8 Å². The van der Waals surface area contributed by atoms with E-state index >= 15 is 0 Å². The molecule has 24 heavy (non-hydrogen) atoms. The Hall–Kier alpha value is -2.53. The minimum atomic E-state index is -1.38. The summed E-state index contributed by atoms with van der Waals surface area (Å²) in [5, 5.41) is 9.80. The lowest BCUT2D eigenvalue weighted by molar-refractivity contribution is -0.150. The van der Waals surface area contributed by atoms with Crippen LogP contribution in [0.3, 0.4) is 0 Å². The molecule has 0 saturated heterocycles. The molecule has 1 heterocycles. The number of nitrogens with zero attached hydrogens (tertiary/aromatic N) is 1. The molecular weight excluding hydrogens is 330 g/mol. The molecule has 2 aromatic carbocycles. The molecule has 0 aromatic heterocycles. The highest BCUT2D eigenvalue weighted by molar-refractivity contribution is 6.32. The molecule has 0 spiro atoms. The fraction of sp³-hybridized carbons (Fsp3) is 0.222. The van der Waals surface area contributed by atoms with Crippen LogP contribution in [0.25, 0.3) is 0 Å². The molecule has 5 nitrogen and oxygen atoms in total. The molecule has 0 fully saturated rings. The first-order valence-electron chi connectivity index (χ1n) is 7.51. The van der Waals surface area contributed by atoms with Gasteiger partial charge in [0.25, 0.3) is 0 Å². The maximum absolute atomic E-state index is 12.7. The van der Waals surface area contributed by atoms with Crippen LogP contribution in [0.2, 0.25) is 5.02 Å². The van der Waals surface area contributed by atoms with E-state index in [1.54, 1.807) is 13.0 Å². The quantitative estimate of drug-likeness (QED) is 0.863. The normalized spacial score (nSPS) is 19.5. The monoisotopic (exact) mass is 345 g/mol. The van der Waals surface area contributed by atoms with Gasteiger partial charge in [-0.2, -0.15) is 0 Å². The Kier molecular flexibility index (Phi) is 4.44. The van der Waals surface area contributed by atoms with Crippen LogP contribution >= 0.6 is 11.6 Å². The third-order valence-electron chi connectivity index (χ3n) is 3.74. The number of esters is 1. The van der Waals surface area contributed by atoms with Crippen LogP contribution in [0.15, 0.2) is 53.5 Å². The van der Waals surface area contributed by atoms with E-state index in [2.05, 4.69) is 4.99 Å². The average Bonchev–Trinajstić information content (AvgIpc) is 3.02. The van der Waals surface area contributed by atoms with Crippen molar-refractivity contribution in [2.24, 2.45) is 4.99 Å². The molecule has 0 saturated carbocycles. The summed E-state index contributed by atoms with van der Waals surface area (Å²) in [4.78, 5) is 17.2. The van der Waals surface area contributed by atoms with Gasteiger partial charge < -0.3 is 14.6 Å². The van der Waals surface area contributed by atoms with Gasteiger partial charge in [-0.25, -0.2) is 9.79 Å². The predicted molar refractivity (Wildman–Crippen MR) is 90.4 cm³/mol. The minimum absolute atomic E-state index is 0.00827. The van der Waals surface area contributed by atoms with Gasteiger partial charge in [-0.3, -0.25) is 0 Å². The number of benzene rings is 2. The van der Waals surface area contributed by atoms with Crippen LogP contribution in [0.1, 0.15) is 18.1 Å². The number of phenols is 1. The Morgan fingerprint density at radius 1 is 1.33 bits per heavy atom. The van der Waals surface area contributed by atoms with Crippen LogP contribution in [0.5, 0.6) is 5.75 Å². The van der Waals surface area contributed by atoms with E-state index in [1.165, 1.54) is 12.1 Å². The lowest BCUT2D eigenvalue weighted by Crippen LogP contribution is -2.37. The molecule has 0 radical (unpaired) electrons. The third kappa shape index (κ3) is 2.83. The van der Waals surface area contributed by atoms with E-state index in [4.69, 9.17) is 21.1 Å². The number of halogens is 1. The Bertz CT molecular complexity index is 791. The zero-order valence-electron chi connectivity index (χ0n) is 13.0. The molecule has 0 aliphatic carbocycles. The van der Waals surface area contributed by atoms with Crippen molar-refractivity contribution in [3.05, 3.63) is 64.7 Å². The van der Waals surface area contributed by atoms with Crippen LogP contribution in [0, 0.1) is 0 Å². The Balaban J connectivity index is 2.11. The summed E-state index contributed by atoms with van der Waals surface area (Å²) < 4.78 is 10.9. The second-order valence-electron chi connectivity index (χ2n) is 5.32. The molecule has 6 heteroatoms. The summed E-state index contributed by atoms with van der Waals surface area (Å²) in [6, 6.07) is 13.7. The number of ether oxygens (including phenoxy) is 2. The van der Waals surface area contributed by atoms with E-state index in [0.717, 1.165) is 5.56 Å². The van der Waals surface area contributed by atoms with E-state index in [1.807, 2.05) is 30.3 Å². The number of phenolic OH excluding ortho intramolecular Hbond substituents is 1. The highest BCUT2D eigenvalue weighted by atomic mass is 35.5. The topological polar surface area (TPSA) is 68.1 Å². The number of aromatic hydroxyl groups is 1. The highest BCUT2D eigenvalue weighted by Crippen LogP contribution is 2.39. The van der Waals surface area contributed by atoms with E-state index in [9.17, 15) is 9.90 Å². The summed E-state index contributed by atoms with van der Waals surface area (Å²) in [6.07, 6.45) is 0. The Morgan fingerprint density at radius 3 is 2.75 bits per heavy atom. The second-order valence-corrected chi connectivity index (χ2v) is 5.72. The van der Waals surface area contributed by atoms with Gasteiger partial charge in [0.1, 0.15) is 12.4 Å². The van der Waals surface area contributed by atoms with Gasteiger partial charge in [-0.05, 0) is 31.2 Å². The lowest BCUT2D eigenvalue weighted by atomic mass is 9.91. The first-order valence-corrected chi connectivity index (χ1v) is 7.89. The largest absolute Gasteiger partial charge is 0.508 e. The minimum Gasteiger partial charge on any atom is -0.508 e. The Morgan fingerprint density at radius 2 is 2.08 bits per heavy atom. The van der Waals surface area contributed by atoms with Crippen molar-refractivity contribution < 1.29 is 19.4 Å². The fourth-order valence-corrected chi connectivity index (χ4v) is 2.91. The number of carbonyl (C=O) groups excluding carboxylic acids is 1. The van der Waals surface area contributed by atoms with Crippen molar-refractivity contribution in [1.29, 1.82) is 0 Å². The molecule has 2 aromatic rings. The molecular formula is C18H16ClNO4. The molecule has 1 atom stereocenters. The molecule has 1 unspecified atom stereocenters. The van der Waals surface area contributed by atoms with Crippen LogP contribution < -0.4 is 0 Å².